The van der Waals surface area contributed by atoms with Crippen molar-refractivity contribution < 1.29 is 9.13 Å². The van der Waals surface area contributed by atoms with Crippen LogP contribution in [-0.2, 0) is 0 Å². The number of halogens is 2. The van der Waals surface area contributed by atoms with E-state index in [-0.39, 0.29) is 30.7 Å². The fourth-order valence-electron chi connectivity index (χ4n) is 2.75. The number of para-hydroxylation sites is 2. The van der Waals surface area contributed by atoms with Gasteiger partial charge in [0.15, 0.2) is 5.96 Å². The van der Waals surface area contributed by atoms with Crippen LogP contribution in [0.3, 0.4) is 0 Å². The number of alkyl halides is 1. The maximum atomic E-state index is 12.2. The molecule has 0 spiro atoms. The maximum absolute atomic E-state index is 12.2. The molecular weight excluding hydrogens is 422 g/mol. The summed E-state index contributed by atoms with van der Waals surface area (Å²) in [6.45, 7) is 4.88. The second kappa shape index (κ2) is 11.3. The van der Waals surface area contributed by atoms with Crippen molar-refractivity contribution in [2.75, 3.05) is 44.9 Å². The molecule has 1 heterocycles. The fraction of sp³-hybridized carbons (Fsp3) is 0.588. The topological polar surface area (TPSA) is 48.9 Å². The number of hydrogen-bond acceptors (Lipinski definition) is 3. The zero-order valence-corrected chi connectivity index (χ0v) is 16.8. The van der Waals surface area contributed by atoms with Gasteiger partial charge in [-0.15, -0.1) is 24.0 Å². The summed E-state index contributed by atoms with van der Waals surface area (Å²) in [6.07, 6.45) is 1.50. The molecule has 2 rings (SSSR count). The molecule has 0 aliphatic carbocycles. The molecule has 0 aromatic heterocycles. The van der Waals surface area contributed by atoms with Gasteiger partial charge in [0.05, 0.1) is 19.5 Å². The average molecular weight is 450 g/mol. The summed E-state index contributed by atoms with van der Waals surface area (Å²) in [6, 6.07) is 8.40. The monoisotopic (exact) mass is 450 g/mol. The first-order valence-corrected chi connectivity index (χ1v) is 8.27. The minimum Gasteiger partial charge on any atom is -0.495 e. The van der Waals surface area contributed by atoms with Crippen LogP contribution >= 0.6 is 24.0 Å². The lowest BCUT2D eigenvalue weighted by molar-refractivity contribution is 0.415. The lowest BCUT2D eigenvalue weighted by atomic mass is 10.2. The lowest BCUT2D eigenvalue weighted by Gasteiger charge is -2.22. The Kier molecular flexibility index (Phi) is 9.82. The van der Waals surface area contributed by atoms with Gasteiger partial charge in [-0.3, -0.25) is 9.38 Å². The number of aliphatic imine (C=N–C) groups is 1. The number of ether oxygens (including phenoxy) is 1. The van der Waals surface area contributed by atoms with Gasteiger partial charge in [-0.2, -0.15) is 0 Å². The van der Waals surface area contributed by atoms with Gasteiger partial charge in [-0.25, -0.2) is 0 Å². The Morgan fingerprint density at radius 2 is 2.21 bits per heavy atom. The van der Waals surface area contributed by atoms with Crippen LogP contribution in [0.25, 0.3) is 0 Å². The summed E-state index contributed by atoms with van der Waals surface area (Å²) in [4.78, 5) is 6.73. The van der Waals surface area contributed by atoms with Gasteiger partial charge < -0.3 is 20.3 Å². The molecule has 136 valence electrons. The molecule has 5 nitrogen and oxygen atoms in total. The van der Waals surface area contributed by atoms with Crippen LogP contribution in [0.2, 0.25) is 0 Å². The summed E-state index contributed by atoms with van der Waals surface area (Å²) in [7, 11) is 1.70. The van der Waals surface area contributed by atoms with Gasteiger partial charge in [0, 0.05) is 32.2 Å². The molecule has 24 heavy (non-hydrogen) atoms. The average Bonchev–Trinajstić information content (AvgIpc) is 3.03. The third kappa shape index (κ3) is 5.99. The van der Waals surface area contributed by atoms with Gasteiger partial charge in [0.2, 0.25) is 0 Å². The SMILES string of the molecule is CCNC(=NCCCF)NC1CCN(c2ccccc2OC)C1.I. The van der Waals surface area contributed by atoms with E-state index >= 15 is 0 Å². The highest BCUT2D eigenvalue weighted by Crippen LogP contribution is 2.30. The Morgan fingerprint density at radius 1 is 1.42 bits per heavy atom. The Morgan fingerprint density at radius 3 is 2.92 bits per heavy atom. The van der Waals surface area contributed by atoms with Crippen molar-refractivity contribution in [3.05, 3.63) is 24.3 Å². The van der Waals surface area contributed by atoms with Crippen LogP contribution in [0, 0.1) is 0 Å². The molecule has 1 aliphatic rings. The molecule has 0 bridgehead atoms. The van der Waals surface area contributed by atoms with E-state index in [9.17, 15) is 4.39 Å². The Hall–Kier alpha value is -1.25. The highest BCUT2D eigenvalue weighted by molar-refractivity contribution is 14.0. The third-order valence-electron chi connectivity index (χ3n) is 3.86. The van der Waals surface area contributed by atoms with E-state index in [0.717, 1.165) is 43.5 Å². The highest BCUT2D eigenvalue weighted by Gasteiger charge is 2.25. The molecular formula is C17H28FIN4O. The van der Waals surface area contributed by atoms with Crippen LogP contribution in [0.15, 0.2) is 29.3 Å². The van der Waals surface area contributed by atoms with Gasteiger partial charge in [0.1, 0.15) is 5.75 Å². The van der Waals surface area contributed by atoms with Gasteiger partial charge in [-0.05, 0) is 31.9 Å². The largest absolute Gasteiger partial charge is 0.495 e. The summed E-state index contributed by atoms with van der Waals surface area (Å²) in [5.74, 6) is 1.67. The second-order valence-electron chi connectivity index (χ2n) is 5.55. The Balaban J connectivity index is 0.00000288. The number of nitrogens with zero attached hydrogens (tertiary/aromatic N) is 2. The third-order valence-corrected chi connectivity index (χ3v) is 3.86. The van der Waals surface area contributed by atoms with Crippen molar-refractivity contribution in [3.8, 4) is 5.75 Å². The number of rotatable bonds is 7. The standard InChI is InChI=1S/C17H27FN4O.HI/c1-3-19-17(20-11-6-10-18)21-14-9-12-22(13-14)15-7-4-5-8-16(15)23-2;/h4-5,7-8,14H,3,6,9-13H2,1-2H3,(H2,19,20,21);1H. The molecule has 1 fully saturated rings. The Bertz CT molecular complexity index is 515. The van der Waals surface area contributed by atoms with E-state index in [1.165, 1.54) is 0 Å². The minimum atomic E-state index is -0.325. The summed E-state index contributed by atoms with van der Waals surface area (Å²) >= 11 is 0. The number of anilines is 1. The van der Waals surface area contributed by atoms with Crippen molar-refractivity contribution >= 4 is 35.6 Å². The molecule has 0 amide bonds. The number of nitrogens with one attached hydrogen (secondary N) is 2. The van der Waals surface area contributed by atoms with Crippen molar-refractivity contribution in [1.29, 1.82) is 0 Å². The number of benzene rings is 1. The van der Waals surface area contributed by atoms with E-state index < -0.39 is 0 Å². The van der Waals surface area contributed by atoms with E-state index in [1.807, 2.05) is 25.1 Å². The van der Waals surface area contributed by atoms with Crippen LogP contribution < -0.4 is 20.3 Å². The predicted molar refractivity (Wildman–Crippen MR) is 109 cm³/mol. The smallest absolute Gasteiger partial charge is 0.191 e. The molecule has 7 heteroatoms. The van der Waals surface area contributed by atoms with Crippen molar-refractivity contribution in [2.45, 2.75) is 25.8 Å². The first-order chi connectivity index (χ1) is 11.3. The van der Waals surface area contributed by atoms with E-state index in [4.69, 9.17) is 4.74 Å². The van der Waals surface area contributed by atoms with Crippen LogP contribution in [0.4, 0.5) is 10.1 Å². The van der Waals surface area contributed by atoms with Gasteiger partial charge in [-0.1, -0.05) is 12.1 Å². The highest BCUT2D eigenvalue weighted by atomic mass is 127. The minimum absolute atomic E-state index is 0. The number of methoxy groups -OCH3 is 1. The van der Waals surface area contributed by atoms with Crippen LogP contribution in [0.1, 0.15) is 19.8 Å². The number of guanidine groups is 1. The molecule has 1 unspecified atom stereocenters. The van der Waals surface area contributed by atoms with Crippen LogP contribution in [0.5, 0.6) is 5.75 Å². The Labute approximate surface area is 161 Å². The van der Waals surface area contributed by atoms with Crippen LogP contribution in [-0.4, -0.2) is 52.0 Å². The maximum Gasteiger partial charge on any atom is 0.191 e. The van der Waals surface area contributed by atoms with Gasteiger partial charge in [0.25, 0.3) is 0 Å². The summed E-state index contributed by atoms with van der Waals surface area (Å²) in [5.41, 5.74) is 1.12. The van der Waals surface area contributed by atoms with E-state index in [0.29, 0.717) is 19.0 Å². The second-order valence-corrected chi connectivity index (χ2v) is 5.55. The number of hydrogen-bond donors (Lipinski definition) is 2. The quantitative estimate of drug-likeness (QED) is 0.291. The first kappa shape index (κ1) is 20.8. The van der Waals surface area contributed by atoms with Crippen molar-refractivity contribution in [2.24, 2.45) is 4.99 Å². The zero-order valence-electron chi connectivity index (χ0n) is 14.4. The molecule has 1 atom stereocenters. The molecule has 1 aromatic carbocycles. The van der Waals surface area contributed by atoms with Gasteiger partial charge >= 0.3 is 0 Å². The van der Waals surface area contributed by atoms with Crippen molar-refractivity contribution in [1.82, 2.24) is 10.6 Å². The zero-order chi connectivity index (χ0) is 16.5. The molecule has 1 aliphatic heterocycles. The molecule has 0 saturated carbocycles. The normalized spacial score (nSPS) is 17.4. The lowest BCUT2D eigenvalue weighted by Crippen LogP contribution is -2.44. The summed E-state index contributed by atoms with van der Waals surface area (Å²) < 4.78 is 17.7. The predicted octanol–water partition coefficient (Wildman–Crippen LogP) is 2.81. The molecule has 1 aromatic rings. The first-order valence-electron chi connectivity index (χ1n) is 8.27. The molecule has 1 saturated heterocycles. The van der Waals surface area contributed by atoms with E-state index in [2.05, 4.69) is 26.6 Å². The van der Waals surface area contributed by atoms with Crippen molar-refractivity contribution in [3.63, 3.8) is 0 Å². The molecule has 0 radical (unpaired) electrons. The fourth-order valence-corrected chi connectivity index (χ4v) is 2.75. The van der Waals surface area contributed by atoms with E-state index in [1.54, 1.807) is 7.11 Å². The molecule has 2 N–H and O–H groups in total. The summed E-state index contributed by atoms with van der Waals surface area (Å²) in [5, 5.41) is 6.67.